The Kier molecular flexibility index (Phi) is 6.32. The average Bonchev–Trinajstić information content (AvgIpc) is 3.29. The summed E-state index contributed by atoms with van der Waals surface area (Å²) < 4.78 is 5.91. The Morgan fingerprint density at radius 1 is 1.32 bits per heavy atom. The molecule has 0 spiro atoms. The summed E-state index contributed by atoms with van der Waals surface area (Å²) in [7, 11) is 2.15. The third kappa shape index (κ3) is 4.73. The number of rotatable bonds is 6. The van der Waals surface area contributed by atoms with Crippen LogP contribution in [0.15, 0.2) is 30.3 Å². The molecule has 25 heavy (non-hydrogen) atoms. The molecule has 2 heterocycles. The predicted octanol–water partition coefficient (Wildman–Crippen LogP) is 2.75. The van der Waals surface area contributed by atoms with Crippen molar-refractivity contribution in [2.24, 2.45) is 11.8 Å². The number of carbonyl (C=O) groups is 1. The van der Waals surface area contributed by atoms with Gasteiger partial charge in [0.1, 0.15) is 0 Å². The summed E-state index contributed by atoms with van der Waals surface area (Å²) in [4.78, 5) is 16.8. The Morgan fingerprint density at radius 3 is 2.88 bits per heavy atom. The van der Waals surface area contributed by atoms with E-state index >= 15 is 0 Å². The van der Waals surface area contributed by atoms with E-state index in [2.05, 4.69) is 36.3 Å². The molecule has 2 amide bonds. The van der Waals surface area contributed by atoms with Crippen molar-refractivity contribution in [2.75, 3.05) is 46.4 Å². The molecule has 5 nitrogen and oxygen atoms in total. The number of likely N-dealkylation sites (tertiary alicyclic amines) is 1. The van der Waals surface area contributed by atoms with E-state index in [9.17, 15) is 4.79 Å². The normalized spacial score (nSPS) is 26.4. The van der Waals surface area contributed by atoms with Crippen LogP contribution in [0.5, 0.6) is 0 Å². The minimum atomic E-state index is 0.0837. The largest absolute Gasteiger partial charge is 0.373 e. The molecule has 0 aliphatic carbocycles. The number of ether oxygens (including phenoxy) is 1. The molecule has 0 aromatic heterocycles. The molecule has 3 rings (SSSR count). The molecule has 0 saturated carbocycles. The number of amides is 2. The topological polar surface area (TPSA) is 44.8 Å². The highest BCUT2D eigenvalue weighted by molar-refractivity contribution is 5.74. The van der Waals surface area contributed by atoms with Crippen LogP contribution in [0.1, 0.15) is 31.4 Å². The molecule has 2 aliphatic heterocycles. The fraction of sp³-hybridized carbons (Fsp3) is 0.650. The lowest BCUT2D eigenvalue weighted by molar-refractivity contribution is 0.0906. The lowest BCUT2D eigenvalue weighted by Crippen LogP contribution is -2.41. The van der Waals surface area contributed by atoms with Gasteiger partial charge in [0.2, 0.25) is 0 Å². The molecule has 1 aromatic carbocycles. The van der Waals surface area contributed by atoms with Crippen LogP contribution in [-0.4, -0.2) is 62.2 Å². The van der Waals surface area contributed by atoms with Crippen molar-refractivity contribution in [3.05, 3.63) is 35.9 Å². The maximum absolute atomic E-state index is 12.5. The molecule has 3 atom stereocenters. The molecule has 1 N–H and O–H groups in total. The van der Waals surface area contributed by atoms with Gasteiger partial charge < -0.3 is 19.9 Å². The van der Waals surface area contributed by atoms with Gasteiger partial charge in [-0.15, -0.1) is 0 Å². The number of nitrogens with one attached hydrogen (secondary N) is 1. The van der Waals surface area contributed by atoms with E-state index in [-0.39, 0.29) is 12.1 Å². The number of nitrogens with zero attached hydrogens (tertiary/aromatic N) is 2. The number of hydrogen-bond acceptors (Lipinski definition) is 3. The van der Waals surface area contributed by atoms with Gasteiger partial charge in [-0.25, -0.2) is 4.79 Å². The third-order valence-electron chi connectivity index (χ3n) is 5.54. The van der Waals surface area contributed by atoms with E-state index in [1.54, 1.807) is 0 Å². The first-order valence-corrected chi connectivity index (χ1v) is 9.55. The highest BCUT2D eigenvalue weighted by atomic mass is 16.5. The monoisotopic (exact) mass is 345 g/mol. The number of hydrogen-bond donors (Lipinski definition) is 1. The Labute approximate surface area is 151 Å². The fourth-order valence-electron chi connectivity index (χ4n) is 3.92. The summed E-state index contributed by atoms with van der Waals surface area (Å²) in [5.74, 6) is 0.957. The van der Waals surface area contributed by atoms with E-state index in [0.29, 0.717) is 18.4 Å². The summed E-state index contributed by atoms with van der Waals surface area (Å²) in [5, 5.41) is 3.15. The van der Waals surface area contributed by atoms with Crippen molar-refractivity contribution in [3.63, 3.8) is 0 Å². The zero-order valence-electron chi connectivity index (χ0n) is 15.5. The molecular weight excluding hydrogens is 314 g/mol. The summed E-state index contributed by atoms with van der Waals surface area (Å²) in [6.07, 6.45) is 2.21. The van der Waals surface area contributed by atoms with E-state index < -0.39 is 0 Å². The molecule has 5 heteroatoms. The van der Waals surface area contributed by atoms with E-state index in [1.807, 2.05) is 23.1 Å². The minimum Gasteiger partial charge on any atom is -0.373 e. The predicted molar refractivity (Wildman–Crippen MR) is 99.5 cm³/mol. The summed E-state index contributed by atoms with van der Waals surface area (Å²) in [6.45, 7) is 7.52. The van der Waals surface area contributed by atoms with Gasteiger partial charge in [-0.3, -0.25) is 0 Å². The molecule has 2 aliphatic rings. The van der Waals surface area contributed by atoms with Gasteiger partial charge in [0.25, 0.3) is 0 Å². The zero-order chi connectivity index (χ0) is 17.6. The van der Waals surface area contributed by atoms with Gasteiger partial charge in [0, 0.05) is 38.7 Å². The Balaban J connectivity index is 1.46. The molecule has 2 saturated heterocycles. The van der Waals surface area contributed by atoms with E-state index in [1.165, 1.54) is 5.56 Å². The first-order valence-electron chi connectivity index (χ1n) is 9.55. The lowest BCUT2D eigenvalue weighted by atomic mass is 9.95. The van der Waals surface area contributed by atoms with Crippen LogP contribution in [0.25, 0.3) is 0 Å². The number of carbonyl (C=O) groups excluding carboxylic acids is 1. The van der Waals surface area contributed by atoms with Gasteiger partial charge in [-0.1, -0.05) is 37.3 Å². The Morgan fingerprint density at radius 2 is 2.12 bits per heavy atom. The SMILES string of the molecule is CCN(C)C[C@@H]1CCN(C(=O)NC[C@@H]2CCO[C@H]2c2ccccc2)C1. The second-order valence-electron chi connectivity index (χ2n) is 7.39. The maximum Gasteiger partial charge on any atom is 0.317 e. The smallest absolute Gasteiger partial charge is 0.317 e. The van der Waals surface area contributed by atoms with Crippen molar-refractivity contribution in [1.29, 1.82) is 0 Å². The molecule has 0 bridgehead atoms. The van der Waals surface area contributed by atoms with Gasteiger partial charge in [-0.05, 0) is 37.9 Å². The van der Waals surface area contributed by atoms with Gasteiger partial charge >= 0.3 is 6.03 Å². The van der Waals surface area contributed by atoms with Crippen molar-refractivity contribution in [1.82, 2.24) is 15.1 Å². The van der Waals surface area contributed by atoms with Crippen molar-refractivity contribution in [3.8, 4) is 0 Å². The summed E-state index contributed by atoms with van der Waals surface area (Å²) >= 11 is 0. The maximum atomic E-state index is 12.5. The first kappa shape index (κ1) is 18.2. The van der Waals surface area contributed by atoms with Crippen LogP contribution in [0.3, 0.4) is 0 Å². The first-order chi connectivity index (χ1) is 12.2. The van der Waals surface area contributed by atoms with Gasteiger partial charge in [-0.2, -0.15) is 0 Å². The van der Waals surface area contributed by atoms with Crippen LogP contribution >= 0.6 is 0 Å². The second kappa shape index (κ2) is 8.68. The highest BCUT2D eigenvalue weighted by Gasteiger charge is 2.31. The number of urea groups is 1. The summed E-state index contributed by atoms with van der Waals surface area (Å²) in [6, 6.07) is 10.4. The quantitative estimate of drug-likeness (QED) is 0.862. The highest BCUT2D eigenvalue weighted by Crippen LogP contribution is 2.33. The van der Waals surface area contributed by atoms with Crippen LogP contribution in [0, 0.1) is 11.8 Å². The average molecular weight is 345 g/mol. The lowest BCUT2D eigenvalue weighted by Gasteiger charge is -2.23. The Hall–Kier alpha value is -1.59. The minimum absolute atomic E-state index is 0.0837. The van der Waals surface area contributed by atoms with Crippen LogP contribution in [-0.2, 0) is 4.74 Å². The molecule has 0 radical (unpaired) electrons. The Bertz CT molecular complexity index is 551. The molecular formula is C20H31N3O2. The zero-order valence-corrected chi connectivity index (χ0v) is 15.5. The summed E-state index contributed by atoms with van der Waals surface area (Å²) in [5.41, 5.74) is 1.21. The van der Waals surface area contributed by atoms with Crippen LogP contribution in [0.2, 0.25) is 0 Å². The molecule has 0 unspecified atom stereocenters. The van der Waals surface area contributed by atoms with Crippen LogP contribution < -0.4 is 5.32 Å². The van der Waals surface area contributed by atoms with Gasteiger partial charge in [0.05, 0.1) is 6.10 Å². The fourth-order valence-corrected chi connectivity index (χ4v) is 3.92. The van der Waals surface area contributed by atoms with E-state index in [0.717, 1.165) is 45.6 Å². The van der Waals surface area contributed by atoms with Gasteiger partial charge in [0.15, 0.2) is 0 Å². The van der Waals surface area contributed by atoms with Crippen LogP contribution in [0.4, 0.5) is 4.79 Å². The number of benzene rings is 1. The third-order valence-corrected chi connectivity index (χ3v) is 5.54. The van der Waals surface area contributed by atoms with Crippen molar-refractivity contribution < 1.29 is 9.53 Å². The standard InChI is InChI=1S/C20H31N3O2/c1-3-22(2)14-16-9-11-23(15-16)20(24)21-13-18-10-12-25-19(18)17-7-5-4-6-8-17/h4-8,16,18-19H,3,9-15H2,1-2H3,(H,21,24)/t16-,18-,19-/m0/s1. The van der Waals surface area contributed by atoms with E-state index in [4.69, 9.17) is 4.74 Å². The van der Waals surface area contributed by atoms with Crippen molar-refractivity contribution >= 4 is 6.03 Å². The van der Waals surface area contributed by atoms with Crippen molar-refractivity contribution in [2.45, 2.75) is 25.9 Å². The molecule has 1 aromatic rings. The molecule has 138 valence electrons. The molecule has 2 fully saturated rings. The second-order valence-corrected chi connectivity index (χ2v) is 7.39.